The molecule has 1 aliphatic carbocycles. The standard InChI is InChI=1S/C23H24O6/c1-27-18-11-15(12-19(28-2)21(18)25)23-22(26)20(24)16-9-8-14(10-17(16)29-23)13-6-4-3-5-7-13/h8-13,25-26H,3-7H2,1-2H3. The van der Waals surface area contributed by atoms with Crippen molar-refractivity contribution in [2.75, 3.05) is 14.2 Å². The highest BCUT2D eigenvalue weighted by atomic mass is 16.5. The van der Waals surface area contributed by atoms with Crippen molar-refractivity contribution in [1.29, 1.82) is 0 Å². The average Bonchev–Trinajstić information content (AvgIpc) is 2.76. The van der Waals surface area contributed by atoms with E-state index in [1.54, 1.807) is 6.07 Å². The number of fused-ring (bicyclic) bond motifs is 1. The molecule has 1 heterocycles. The molecule has 1 saturated carbocycles. The van der Waals surface area contributed by atoms with E-state index in [1.807, 2.05) is 12.1 Å². The molecule has 2 N–H and O–H groups in total. The predicted octanol–water partition coefficient (Wildman–Crippen LogP) is 4.94. The van der Waals surface area contributed by atoms with Crippen LogP contribution in [-0.4, -0.2) is 24.4 Å². The normalized spacial score (nSPS) is 14.8. The number of hydrogen-bond acceptors (Lipinski definition) is 6. The Labute approximate surface area is 168 Å². The lowest BCUT2D eigenvalue weighted by Crippen LogP contribution is -2.06. The monoisotopic (exact) mass is 396 g/mol. The van der Waals surface area contributed by atoms with Crippen LogP contribution in [0.1, 0.15) is 43.6 Å². The van der Waals surface area contributed by atoms with Gasteiger partial charge in [-0.1, -0.05) is 25.3 Å². The van der Waals surface area contributed by atoms with E-state index in [9.17, 15) is 15.0 Å². The second-order valence-electron chi connectivity index (χ2n) is 7.43. The molecule has 0 atom stereocenters. The van der Waals surface area contributed by atoms with Crippen LogP contribution in [-0.2, 0) is 0 Å². The lowest BCUT2D eigenvalue weighted by atomic mass is 9.84. The summed E-state index contributed by atoms with van der Waals surface area (Å²) in [6, 6.07) is 8.58. The van der Waals surface area contributed by atoms with E-state index in [2.05, 4.69) is 0 Å². The van der Waals surface area contributed by atoms with Crippen LogP contribution in [0.4, 0.5) is 0 Å². The van der Waals surface area contributed by atoms with Gasteiger partial charge in [0, 0.05) is 5.56 Å². The molecule has 1 aromatic heterocycles. The summed E-state index contributed by atoms with van der Waals surface area (Å²) in [5.41, 5.74) is 1.45. The minimum Gasteiger partial charge on any atom is -0.502 e. The van der Waals surface area contributed by atoms with E-state index >= 15 is 0 Å². The molecule has 3 aromatic rings. The van der Waals surface area contributed by atoms with Gasteiger partial charge in [0.05, 0.1) is 19.6 Å². The maximum Gasteiger partial charge on any atom is 0.235 e. The van der Waals surface area contributed by atoms with E-state index in [0.29, 0.717) is 22.5 Å². The highest BCUT2D eigenvalue weighted by molar-refractivity contribution is 5.83. The summed E-state index contributed by atoms with van der Waals surface area (Å²) >= 11 is 0. The Hall–Kier alpha value is -3.15. The third-order valence-electron chi connectivity index (χ3n) is 5.71. The van der Waals surface area contributed by atoms with Gasteiger partial charge >= 0.3 is 0 Å². The third kappa shape index (κ3) is 3.39. The van der Waals surface area contributed by atoms with Crippen LogP contribution >= 0.6 is 0 Å². The SMILES string of the molecule is COc1cc(-c2oc3cc(C4CCCCC4)ccc3c(=O)c2O)cc(OC)c1O. The minimum atomic E-state index is -0.498. The van der Waals surface area contributed by atoms with Gasteiger partial charge in [-0.3, -0.25) is 4.79 Å². The van der Waals surface area contributed by atoms with Gasteiger partial charge in [-0.15, -0.1) is 0 Å². The maximum atomic E-state index is 12.8. The van der Waals surface area contributed by atoms with Crippen molar-refractivity contribution >= 4 is 11.0 Å². The number of phenolic OH excluding ortho intramolecular Hbond substituents is 1. The number of rotatable bonds is 4. The van der Waals surface area contributed by atoms with Gasteiger partial charge in [-0.05, 0) is 48.6 Å². The Bertz CT molecular complexity index is 1080. The van der Waals surface area contributed by atoms with Gasteiger partial charge in [0.15, 0.2) is 17.3 Å². The molecule has 0 saturated heterocycles. The summed E-state index contributed by atoms with van der Waals surface area (Å²) in [5, 5.41) is 21.0. The first kappa shape index (κ1) is 19.2. The number of ether oxygens (including phenoxy) is 2. The van der Waals surface area contributed by atoms with Gasteiger partial charge in [-0.2, -0.15) is 0 Å². The smallest absolute Gasteiger partial charge is 0.235 e. The molecule has 6 nitrogen and oxygen atoms in total. The zero-order valence-electron chi connectivity index (χ0n) is 16.5. The van der Waals surface area contributed by atoms with E-state index in [1.165, 1.54) is 45.6 Å². The quantitative estimate of drug-likeness (QED) is 0.650. The number of aromatic hydroxyl groups is 2. The Kier molecular flexibility index (Phi) is 5.09. The summed E-state index contributed by atoms with van der Waals surface area (Å²) in [4.78, 5) is 12.8. The number of benzene rings is 2. The van der Waals surface area contributed by atoms with E-state index < -0.39 is 11.2 Å². The third-order valence-corrected chi connectivity index (χ3v) is 5.71. The van der Waals surface area contributed by atoms with Crippen molar-refractivity contribution in [3.63, 3.8) is 0 Å². The first-order chi connectivity index (χ1) is 14.0. The van der Waals surface area contributed by atoms with Crippen LogP contribution in [0.3, 0.4) is 0 Å². The number of phenols is 1. The highest BCUT2D eigenvalue weighted by Gasteiger charge is 2.21. The predicted molar refractivity (Wildman–Crippen MR) is 110 cm³/mol. The molecule has 29 heavy (non-hydrogen) atoms. The lowest BCUT2D eigenvalue weighted by Gasteiger charge is -2.22. The van der Waals surface area contributed by atoms with Crippen molar-refractivity contribution in [2.24, 2.45) is 0 Å². The Morgan fingerprint density at radius 1 is 0.931 bits per heavy atom. The fraction of sp³-hybridized carbons (Fsp3) is 0.348. The molecule has 0 spiro atoms. The van der Waals surface area contributed by atoms with E-state index in [0.717, 1.165) is 18.4 Å². The Balaban J connectivity index is 1.88. The topological polar surface area (TPSA) is 89.1 Å². The van der Waals surface area contributed by atoms with Crippen molar-refractivity contribution in [2.45, 2.75) is 38.0 Å². The molecule has 6 heteroatoms. The second kappa shape index (κ2) is 7.70. The zero-order chi connectivity index (χ0) is 20.5. The van der Waals surface area contributed by atoms with Gasteiger partial charge in [0.25, 0.3) is 0 Å². The lowest BCUT2D eigenvalue weighted by molar-refractivity contribution is 0.340. The van der Waals surface area contributed by atoms with Crippen molar-refractivity contribution in [3.8, 4) is 34.3 Å². The van der Waals surface area contributed by atoms with Gasteiger partial charge in [0.2, 0.25) is 16.9 Å². The summed E-state index contributed by atoms with van der Waals surface area (Å²) in [5.74, 6) is 0.123. The summed E-state index contributed by atoms with van der Waals surface area (Å²) in [6.07, 6.45) is 5.95. The van der Waals surface area contributed by atoms with Crippen LogP contribution in [0.25, 0.3) is 22.3 Å². The van der Waals surface area contributed by atoms with Crippen LogP contribution in [0.5, 0.6) is 23.0 Å². The maximum absolute atomic E-state index is 12.8. The average molecular weight is 396 g/mol. The second-order valence-corrected chi connectivity index (χ2v) is 7.43. The van der Waals surface area contributed by atoms with Crippen LogP contribution < -0.4 is 14.9 Å². The first-order valence-corrected chi connectivity index (χ1v) is 9.78. The van der Waals surface area contributed by atoms with Gasteiger partial charge in [0.1, 0.15) is 5.58 Å². The fourth-order valence-electron chi connectivity index (χ4n) is 4.11. The van der Waals surface area contributed by atoms with Crippen molar-refractivity contribution < 1.29 is 24.1 Å². The van der Waals surface area contributed by atoms with E-state index in [4.69, 9.17) is 13.9 Å². The minimum absolute atomic E-state index is 0.0138. The number of methoxy groups -OCH3 is 2. The molecular weight excluding hydrogens is 372 g/mol. The molecule has 152 valence electrons. The molecule has 1 fully saturated rings. The molecule has 0 radical (unpaired) electrons. The highest BCUT2D eigenvalue weighted by Crippen LogP contribution is 2.42. The largest absolute Gasteiger partial charge is 0.502 e. The van der Waals surface area contributed by atoms with Gasteiger partial charge in [-0.25, -0.2) is 0 Å². The molecule has 0 amide bonds. The Morgan fingerprint density at radius 2 is 1.59 bits per heavy atom. The molecular formula is C23H24O6. The molecule has 0 unspecified atom stereocenters. The zero-order valence-corrected chi connectivity index (χ0v) is 16.5. The van der Waals surface area contributed by atoms with Crippen molar-refractivity contribution in [1.82, 2.24) is 0 Å². The Morgan fingerprint density at radius 3 is 2.21 bits per heavy atom. The van der Waals surface area contributed by atoms with E-state index in [-0.39, 0.29) is 23.0 Å². The van der Waals surface area contributed by atoms with Crippen molar-refractivity contribution in [3.05, 3.63) is 46.1 Å². The van der Waals surface area contributed by atoms with Gasteiger partial charge < -0.3 is 24.1 Å². The fourth-order valence-corrected chi connectivity index (χ4v) is 4.11. The first-order valence-electron chi connectivity index (χ1n) is 9.78. The summed E-state index contributed by atoms with van der Waals surface area (Å²) < 4.78 is 16.3. The number of hydrogen-bond donors (Lipinski definition) is 2. The summed E-state index contributed by atoms with van der Waals surface area (Å²) in [6.45, 7) is 0. The molecule has 4 rings (SSSR count). The van der Waals surface area contributed by atoms with Crippen LogP contribution in [0.15, 0.2) is 39.5 Å². The molecule has 0 aliphatic heterocycles. The molecule has 0 bridgehead atoms. The molecule has 1 aliphatic rings. The summed E-state index contributed by atoms with van der Waals surface area (Å²) in [7, 11) is 2.82. The van der Waals surface area contributed by atoms with Crippen LogP contribution in [0.2, 0.25) is 0 Å². The molecule has 2 aromatic carbocycles. The van der Waals surface area contributed by atoms with Crippen LogP contribution in [0, 0.1) is 0 Å².